The van der Waals surface area contributed by atoms with Gasteiger partial charge in [-0.15, -0.1) is 0 Å². The Morgan fingerprint density at radius 3 is 0.976 bits per heavy atom. The van der Waals surface area contributed by atoms with Crippen LogP contribution in [0.2, 0.25) is 0 Å². The van der Waals surface area contributed by atoms with Crippen LogP contribution in [0.15, 0.2) is 139 Å². The highest BCUT2D eigenvalue weighted by molar-refractivity contribution is 5.83. The fourth-order valence-corrected chi connectivity index (χ4v) is 2.99. The number of aliphatic imine (C=N–C) groups is 3. The van der Waals surface area contributed by atoms with Gasteiger partial charge in [-0.25, -0.2) is 0 Å². The number of rotatable bonds is 6. The summed E-state index contributed by atoms with van der Waals surface area (Å²) < 4.78 is 11.0. The molecule has 5 heteroatoms. The second kappa shape index (κ2) is 22.1. The zero-order valence-corrected chi connectivity index (χ0v) is 25.4. The van der Waals surface area contributed by atoms with Gasteiger partial charge in [-0.3, -0.25) is 15.0 Å². The number of para-hydroxylation sites is 3. The summed E-state index contributed by atoms with van der Waals surface area (Å²) in [5, 5.41) is 0. The van der Waals surface area contributed by atoms with Crippen molar-refractivity contribution in [2.75, 3.05) is 0 Å². The minimum Gasteiger partial charge on any atom is -0.460 e. The monoisotopic (exact) mass is 549 g/mol. The lowest BCUT2D eigenvalue weighted by Crippen LogP contribution is -1.76. The van der Waals surface area contributed by atoms with E-state index in [9.17, 15) is 0 Å². The maximum atomic E-state index is 5.63. The molecule has 0 N–H and O–H groups in total. The largest absolute Gasteiger partial charge is 0.460 e. The van der Waals surface area contributed by atoms with E-state index < -0.39 is 0 Å². The van der Waals surface area contributed by atoms with E-state index in [4.69, 9.17) is 8.83 Å². The molecule has 0 amide bonds. The van der Waals surface area contributed by atoms with E-state index in [1.54, 1.807) is 18.6 Å². The van der Waals surface area contributed by atoms with Gasteiger partial charge >= 0.3 is 0 Å². The molecule has 0 saturated carbocycles. The molecule has 0 radical (unpaired) electrons. The predicted molar refractivity (Wildman–Crippen MR) is 177 cm³/mol. The zero-order chi connectivity index (χ0) is 30.1. The summed E-state index contributed by atoms with van der Waals surface area (Å²) in [6, 6.07) is 36.9. The summed E-state index contributed by atoms with van der Waals surface area (Å²) >= 11 is 0. The van der Waals surface area contributed by atoms with Crippen LogP contribution in [0.1, 0.15) is 64.6 Å². The normalized spacial score (nSPS) is 10.0. The van der Waals surface area contributed by atoms with E-state index in [1.807, 2.05) is 164 Å². The van der Waals surface area contributed by atoms with E-state index in [0.717, 1.165) is 28.6 Å². The number of hydrogen-bond acceptors (Lipinski definition) is 5. The van der Waals surface area contributed by atoms with E-state index in [2.05, 4.69) is 15.0 Å². The van der Waals surface area contributed by atoms with E-state index in [-0.39, 0.29) is 0 Å². The Morgan fingerprint density at radius 2 is 0.683 bits per heavy atom. The zero-order valence-electron chi connectivity index (χ0n) is 25.4. The number of aryl methyl sites for hydroxylation is 1. The fourth-order valence-electron chi connectivity index (χ4n) is 2.99. The average molecular weight is 550 g/mol. The summed E-state index contributed by atoms with van der Waals surface area (Å²) in [5.41, 5.74) is 2.73. The van der Waals surface area contributed by atoms with Crippen molar-refractivity contribution < 1.29 is 8.83 Å². The molecule has 2 aromatic heterocycles. The lowest BCUT2D eigenvalue weighted by molar-refractivity contribution is 0.528. The highest BCUT2D eigenvalue weighted by Crippen LogP contribution is 2.13. The molecule has 5 nitrogen and oxygen atoms in total. The lowest BCUT2D eigenvalue weighted by Gasteiger charge is -1.91. The van der Waals surface area contributed by atoms with Gasteiger partial charge in [0, 0.05) is 0 Å². The minimum absolute atomic E-state index is 0.702. The number of hydrogen-bond donors (Lipinski definition) is 0. The van der Waals surface area contributed by atoms with Crippen LogP contribution in [0, 0.1) is 6.92 Å². The summed E-state index contributed by atoms with van der Waals surface area (Å²) in [6.07, 6.45) is 5.13. The molecule has 0 aliphatic rings. The SMILES string of the molecule is C(=Nc1ccccc1)c1ccc(C=Nc2ccccc2)o1.CC.CC.CC.Cc1ccc(C=Nc2ccccc2)o1. The Hall–Kier alpha value is -4.77. The molecule has 0 fully saturated rings. The molecule has 0 unspecified atom stereocenters. The van der Waals surface area contributed by atoms with E-state index in [0.29, 0.717) is 11.5 Å². The first-order chi connectivity index (χ1) is 20.2. The first-order valence-electron chi connectivity index (χ1n) is 14.2. The summed E-state index contributed by atoms with van der Waals surface area (Å²) in [5.74, 6) is 3.09. The average Bonchev–Trinajstić information content (AvgIpc) is 3.71. The third-order valence-electron chi connectivity index (χ3n) is 4.70. The van der Waals surface area contributed by atoms with Gasteiger partial charge in [0.25, 0.3) is 0 Å². The van der Waals surface area contributed by atoms with Gasteiger partial charge in [-0.2, -0.15) is 0 Å². The van der Waals surface area contributed by atoms with Gasteiger partial charge in [-0.05, 0) is 67.6 Å². The third-order valence-corrected chi connectivity index (χ3v) is 4.70. The quantitative estimate of drug-likeness (QED) is 0.198. The first kappa shape index (κ1) is 34.3. The molecule has 41 heavy (non-hydrogen) atoms. The molecule has 214 valence electrons. The van der Waals surface area contributed by atoms with E-state index >= 15 is 0 Å². The molecular formula is C36H43N3O2. The number of furan rings is 2. The molecule has 0 atom stereocenters. The Morgan fingerprint density at radius 1 is 0.390 bits per heavy atom. The molecule has 0 aliphatic heterocycles. The van der Waals surface area contributed by atoms with Crippen molar-refractivity contribution in [3.8, 4) is 0 Å². The second-order valence-corrected chi connectivity index (χ2v) is 7.47. The highest BCUT2D eigenvalue weighted by Gasteiger charge is 1.97. The standard InChI is InChI=1S/C18H14N2O.C12H11NO.3C2H6/c1-3-7-15(8-4-1)19-13-17-11-12-18(21-17)14-20-16-9-5-2-6-10-16;1-10-7-8-12(14-10)9-13-11-5-3-2-4-6-11;3*1-2/h1-14H;2-9H,1H3;3*1-2H3. The Kier molecular flexibility index (Phi) is 18.5. The van der Waals surface area contributed by atoms with Crippen molar-refractivity contribution in [2.24, 2.45) is 15.0 Å². The fraction of sp³-hybridized carbons (Fsp3) is 0.194. The van der Waals surface area contributed by atoms with Crippen molar-refractivity contribution in [3.63, 3.8) is 0 Å². The molecule has 2 heterocycles. The maximum absolute atomic E-state index is 5.63. The maximum Gasteiger partial charge on any atom is 0.145 e. The molecule has 0 saturated heterocycles. The molecule has 0 spiro atoms. The van der Waals surface area contributed by atoms with Crippen LogP contribution in [0.25, 0.3) is 0 Å². The second-order valence-electron chi connectivity index (χ2n) is 7.47. The lowest BCUT2D eigenvalue weighted by atomic mass is 10.3. The van der Waals surface area contributed by atoms with Crippen molar-refractivity contribution >= 4 is 35.7 Å². The van der Waals surface area contributed by atoms with Crippen molar-refractivity contribution in [1.29, 1.82) is 0 Å². The van der Waals surface area contributed by atoms with Gasteiger partial charge in [-0.1, -0.05) is 96.1 Å². The van der Waals surface area contributed by atoms with Crippen molar-refractivity contribution in [3.05, 3.63) is 138 Å². The van der Waals surface area contributed by atoms with Gasteiger partial charge in [0.1, 0.15) is 23.0 Å². The van der Waals surface area contributed by atoms with Gasteiger partial charge in [0.2, 0.25) is 0 Å². The third kappa shape index (κ3) is 14.3. The Balaban J connectivity index is 0.000000365. The molecule has 5 aromatic rings. The van der Waals surface area contributed by atoms with Crippen LogP contribution < -0.4 is 0 Å². The molecule has 0 aliphatic carbocycles. The molecule has 3 aromatic carbocycles. The van der Waals surface area contributed by atoms with Gasteiger partial charge in [0.15, 0.2) is 0 Å². The van der Waals surface area contributed by atoms with Gasteiger partial charge < -0.3 is 8.83 Å². The summed E-state index contributed by atoms with van der Waals surface area (Å²) in [6.45, 7) is 13.9. The summed E-state index contributed by atoms with van der Waals surface area (Å²) in [4.78, 5) is 13.0. The molecular weight excluding hydrogens is 506 g/mol. The van der Waals surface area contributed by atoms with Crippen LogP contribution >= 0.6 is 0 Å². The topological polar surface area (TPSA) is 63.4 Å². The van der Waals surface area contributed by atoms with E-state index in [1.165, 1.54) is 0 Å². The molecule has 5 rings (SSSR count). The highest BCUT2D eigenvalue weighted by atomic mass is 16.3. The van der Waals surface area contributed by atoms with Crippen molar-refractivity contribution in [2.45, 2.75) is 48.5 Å². The van der Waals surface area contributed by atoms with Crippen LogP contribution in [-0.2, 0) is 0 Å². The number of benzene rings is 3. The smallest absolute Gasteiger partial charge is 0.145 e. The first-order valence-corrected chi connectivity index (χ1v) is 14.2. The molecule has 0 bridgehead atoms. The minimum atomic E-state index is 0.702. The number of nitrogens with zero attached hydrogens (tertiary/aromatic N) is 3. The predicted octanol–water partition coefficient (Wildman–Crippen LogP) is 11.2. The Bertz CT molecular complexity index is 1320. The van der Waals surface area contributed by atoms with Crippen molar-refractivity contribution in [1.82, 2.24) is 0 Å². The van der Waals surface area contributed by atoms with Crippen LogP contribution in [0.5, 0.6) is 0 Å². The van der Waals surface area contributed by atoms with Crippen LogP contribution in [-0.4, -0.2) is 18.6 Å². The van der Waals surface area contributed by atoms with Crippen LogP contribution in [0.4, 0.5) is 17.1 Å². The van der Waals surface area contributed by atoms with Crippen LogP contribution in [0.3, 0.4) is 0 Å². The summed E-state index contributed by atoms with van der Waals surface area (Å²) in [7, 11) is 0. The Labute approximate surface area is 246 Å². The van der Waals surface area contributed by atoms with Gasteiger partial charge in [0.05, 0.1) is 35.7 Å².